The average molecular weight is 442 g/mol. The van der Waals surface area contributed by atoms with Crippen LogP contribution in [0.1, 0.15) is 38.8 Å². The Kier molecular flexibility index (Phi) is 6.55. The molecule has 0 atom stereocenters. The Morgan fingerprint density at radius 1 is 1.03 bits per heavy atom. The minimum atomic E-state index is 0.0136. The molecule has 0 saturated heterocycles. The predicted molar refractivity (Wildman–Crippen MR) is 137 cm³/mol. The van der Waals surface area contributed by atoms with Gasteiger partial charge in [0, 0.05) is 41.2 Å². The topological polar surface area (TPSA) is 42.7 Å². The van der Waals surface area contributed by atoms with Crippen molar-refractivity contribution >= 4 is 33.2 Å². The van der Waals surface area contributed by atoms with Crippen molar-refractivity contribution < 1.29 is 13.9 Å². The first-order valence-electron chi connectivity index (χ1n) is 11.6. The van der Waals surface area contributed by atoms with Gasteiger partial charge in [0.25, 0.3) is 0 Å². The van der Waals surface area contributed by atoms with E-state index in [0.29, 0.717) is 19.7 Å². The van der Waals surface area contributed by atoms with Crippen molar-refractivity contribution in [3.05, 3.63) is 72.0 Å². The largest absolute Gasteiger partial charge is 0.493 e. The number of aryl methyl sites for hydroxylation is 1. The fourth-order valence-electron chi connectivity index (χ4n) is 4.41. The molecular weight excluding hydrogens is 410 g/mol. The number of carbonyl (C=O) groups is 1. The SMILES string of the molecule is CCOc1c(/C(C)=C/C(=O)N(CC)CC)cc2c(-c3ccc4ccccc4c3)coc2c1C. The van der Waals surface area contributed by atoms with Gasteiger partial charge in [0.2, 0.25) is 5.91 Å². The molecular formula is C29H31NO3. The first kappa shape index (κ1) is 22.7. The normalized spacial score (nSPS) is 11.8. The lowest BCUT2D eigenvalue weighted by atomic mass is 9.95. The number of carbonyl (C=O) groups excluding carboxylic acids is 1. The highest BCUT2D eigenvalue weighted by Gasteiger charge is 2.20. The molecule has 0 bridgehead atoms. The minimum absolute atomic E-state index is 0.0136. The third-order valence-electron chi connectivity index (χ3n) is 6.23. The van der Waals surface area contributed by atoms with Crippen molar-refractivity contribution in [1.29, 1.82) is 0 Å². The van der Waals surface area contributed by atoms with Crippen molar-refractivity contribution in [2.45, 2.75) is 34.6 Å². The van der Waals surface area contributed by atoms with Crippen LogP contribution in [0, 0.1) is 6.92 Å². The molecule has 0 saturated carbocycles. The zero-order valence-electron chi connectivity index (χ0n) is 20.1. The summed E-state index contributed by atoms with van der Waals surface area (Å²) in [5.74, 6) is 0.783. The summed E-state index contributed by atoms with van der Waals surface area (Å²) in [7, 11) is 0. The van der Waals surface area contributed by atoms with E-state index in [1.54, 1.807) is 6.08 Å². The highest BCUT2D eigenvalue weighted by Crippen LogP contribution is 2.41. The number of rotatable bonds is 7. The zero-order chi connectivity index (χ0) is 23.5. The van der Waals surface area contributed by atoms with Gasteiger partial charge in [-0.3, -0.25) is 4.79 Å². The van der Waals surface area contributed by atoms with Crippen molar-refractivity contribution in [2.24, 2.45) is 0 Å². The third kappa shape index (κ3) is 4.25. The summed E-state index contributed by atoms with van der Waals surface area (Å²) in [5, 5.41) is 3.41. The van der Waals surface area contributed by atoms with Crippen LogP contribution in [0.2, 0.25) is 0 Å². The number of hydrogen-bond donors (Lipinski definition) is 0. The second kappa shape index (κ2) is 9.53. The van der Waals surface area contributed by atoms with E-state index in [2.05, 4.69) is 48.5 Å². The van der Waals surface area contributed by atoms with E-state index < -0.39 is 0 Å². The van der Waals surface area contributed by atoms with Gasteiger partial charge in [0.1, 0.15) is 11.3 Å². The highest BCUT2D eigenvalue weighted by atomic mass is 16.5. The summed E-state index contributed by atoms with van der Waals surface area (Å²) < 4.78 is 12.1. The van der Waals surface area contributed by atoms with Crippen LogP contribution in [0.15, 0.2) is 65.3 Å². The molecule has 1 amide bonds. The number of allylic oxidation sites excluding steroid dienone is 1. The highest BCUT2D eigenvalue weighted by molar-refractivity contribution is 6.02. The van der Waals surface area contributed by atoms with E-state index in [-0.39, 0.29) is 5.91 Å². The monoisotopic (exact) mass is 441 g/mol. The molecule has 1 heterocycles. The first-order valence-corrected chi connectivity index (χ1v) is 11.6. The van der Waals surface area contributed by atoms with Crippen LogP contribution < -0.4 is 4.74 Å². The smallest absolute Gasteiger partial charge is 0.246 e. The number of ether oxygens (including phenoxy) is 1. The zero-order valence-corrected chi connectivity index (χ0v) is 20.1. The summed E-state index contributed by atoms with van der Waals surface area (Å²) in [6.07, 6.45) is 3.54. The molecule has 3 aromatic carbocycles. The van der Waals surface area contributed by atoms with Crippen LogP contribution in [0.3, 0.4) is 0 Å². The molecule has 0 unspecified atom stereocenters. The second-order valence-corrected chi connectivity index (χ2v) is 8.24. The van der Waals surface area contributed by atoms with E-state index >= 15 is 0 Å². The maximum atomic E-state index is 12.8. The van der Waals surface area contributed by atoms with Crippen LogP contribution in [-0.2, 0) is 4.79 Å². The second-order valence-electron chi connectivity index (χ2n) is 8.24. The van der Waals surface area contributed by atoms with Crippen molar-refractivity contribution in [3.63, 3.8) is 0 Å². The fourth-order valence-corrected chi connectivity index (χ4v) is 4.41. The lowest BCUT2D eigenvalue weighted by Gasteiger charge is -2.18. The number of amides is 1. The van der Waals surface area contributed by atoms with Gasteiger partial charge < -0.3 is 14.1 Å². The Bertz CT molecular complexity index is 1340. The predicted octanol–water partition coefficient (Wildman–Crippen LogP) is 7.23. The van der Waals surface area contributed by atoms with Crippen LogP contribution in [-0.4, -0.2) is 30.5 Å². The maximum absolute atomic E-state index is 12.8. The molecule has 1 aromatic heterocycles. The lowest BCUT2D eigenvalue weighted by Crippen LogP contribution is -2.28. The summed E-state index contributed by atoms with van der Waals surface area (Å²) >= 11 is 0. The van der Waals surface area contributed by atoms with Gasteiger partial charge in [-0.05, 0) is 68.7 Å². The van der Waals surface area contributed by atoms with Crippen LogP contribution in [0.25, 0.3) is 38.4 Å². The number of hydrogen-bond acceptors (Lipinski definition) is 3. The maximum Gasteiger partial charge on any atom is 0.246 e. The Balaban J connectivity index is 1.89. The first-order chi connectivity index (χ1) is 16.0. The van der Waals surface area contributed by atoms with Gasteiger partial charge in [-0.15, -0.1) is 0 Å². The minimum Gasteiger partial charge on any atom is -0.493 e. The quantitative estimate of drug-likeness (QED) is 0.284. The van der Waals surface area contributed by atoms with Crippen molar-refractivity contribution in [3.8, 4) is 16.9 Å². The molecule has 4 heteroatoms. The van der Waals surface area contributed by atoms with Crippen molar-refractivity contribution in [2.75, 3.05) is 19.7 Å². The average Bonchev–Trinajstić information content (AvgIpc) is 3.25. The van der Waals surface area contributed by atoms with Gasteiger partial charge in [-0.2, -0.15) is 0 Å². The van der Waals surface area contributed by atoms with Gasteiger partial charge in [0.05, 0.1) is 12.9 Å². The molecule has 170 valence electrons. The van der Waals surface area contributed by atoms with E-state index in [1.807, 2.05) is 45.8 Å². The van der Waals surface area contributed by atoms with Gasteiger partial charge in [-0.1, -0.05) is 36.4 Å². The Morgan fingerprint density at radius 3 is 2.45 bits per heavy atom. The molecule has 0 N–H and O–H groups in total. The number of fused-ring (bicyclic) bond motifs is 2. The fraction of sp³-hybridized carbons (Fsp3) is 0.276. The van der Waals surface area contributed by atoms with Gasteiger partial charge in [0.15, 0.2) is 0 Å². The van der Waals surface area contributed by atoms with E-state index in [4.69, 9.17) is 9.15 Å². The number of furan rings is 1. The number of likely N-dealkylation sites (N-methyl/N-ethyl adjacent to an activating group) is 1. The molecule has 0 spiro atoms. The number of benzene rings is 3. The summed E-state index contributed by atoms with van der Waals surface area (Å²) in [4.78, 5) is 14.6. The molecule has 0 aliphatic rings. The Hall–Kier alpha value is -3.53. The van der Waals surface area contributed by atoms with Crippen LogP contribution >= 0.6 is 0 Å². The summed E-state index contributed by atoms with van der Waals surface area (Å²) in [5.41, 5.74) is 5.69. The molecule has 0 radical (unpaired) electrons. The third-order valence-corrected chi connectivity index (χ3v) is 6.23. The van der Waals surface area contributed by atoms with E-state index in [9.17, 15) is 4.79 Å². The Labute approximate surface area is 195 Å². The Morgan fingerprint density at radius 2 is 1.76 bits per heavy atom. The molecule has 0 fully saturated rings. The lowest BCUT2D eigenvalue weighted by molar-refractivity contribution is -0.125. The number of nitrogens with zero attached hydrogens (tertiary/aromatic N) is 1. The molecule has 4 aromatic rings. The summed E-state index contributed by atoms with van der Waals surface area (Å²) in [6, 6.07) is 16.9. The standard InChI is InChI=1S/C29H31NO3/c1-6-30(7-2)27(31)15-19(4)24-17-25-26(18-33-29(25)20(5)28(24)32-8-3)23-14-13-21-11-9-10-12-22(21)16-23/h9-18H,6-8H2,1-5H3/b19-15+. The van der Waals surface area contributed by atoms with Crippen molar-refractivity contribution in [1.82, 2.24) is 4.90 Å². The van der Waals surface area contributed by atoms with E-state index in [0.717, 1.165) is 44.5 Å². The molecule has 33 heavy (non-hydrogen) atoms. The van der Waals surface area contributed by atoms with Crippen LogP contribution in [0.5, 0.6) is 5.75 Å². The van der Waals surface area contributed by atoms with Gasteiger partial charge >= 0.3 is 0 Å². The summed E-state index contributed by atoms with van der Waals surface area (Å²) in [6.45, 7) is 11.9. The molecule has 4 nitrogen and oxygen atoms in total. The molecule has 0 aliphatic heterocycles. The van der Waals surface area contributed by atoms with E-state index in [1.165, 1.54) is 10.8 Å². The molecule has 4 rings (SSSR count). The molecule has 0 aliphatic carbocycles. The van der Waals surface area contributed by atoms with Gasteiger partial charge in [-0.25, -0.2) is 0 Å². The van der Waals surface area contributed by atoms with Crippen LogP contribution in [0.4, 0.5) is 0 Å².